The Morgan fingerprint density at radius 3 is 2.76 bits per heavy atom. The van der Waals surface area contributed by atoms with Gasteiger partial charge in [0.15, 0.2) is 0 Å². The summed E-state index contributed by atoms with van der Waals surface area (Å²) < 4.78 is 11.7. The summed E-state index contributed by atoms with van der Waals surface area (Å²) in [6.07, 6.45) is 0. The van der Waals surface area contributed by atoms with Gasteiger partial charge in [-0.2, -0.15) is 4.68 Å². The molecule has 5 heteroatoms. The first-order valence-corrected chi connectivity index (χ1v) is 5.44. The Morgan fingerprint density at radius 1 is 1.41 bits per heavy atom. The second-order valence-electron chi connectivity index (χ2n) is 4.44. The molecule has 0 aliphatic carbocycles. The highest BCUT2D eigenvalue weighted by atomic mass is 16.6. The topological polar surface area (TPSA) is 60.6 Å². The fourth-order valence-electron chi connectivity index (χ4n) is 1.63. The van der Waals surface area contributed by atoms with Crippen LogP contribution < -0.4 is 5.76 Å². The van der Waals surface area contributed by atoms with Gasteiger partial charge in [0.05, 0.1) is 13.2 Å². The van der Waals surface area contributed by atoms with Gasteiger partial charge < -0.3 is 9.15 Å². The zero-order valence-electron chi connectivity index (χ0n) is 9.42. The lowest BCUT2D eigenvalue weighted by atomic mass is 10.2. The van der Waals surface area contributed by atoms with Gasteiger partial charge in [0.1, 0.15) is 5.60 Å². The molecule has 0 radical (unpaired) electrons. The smallest absolute Gasteiger partial charge is 0.388 e. The van der Waals surface area contributed by atoms with E-state index in [1.54, 1.807) is 0 Å². The zero-order chi connectivity index (χ0) is 11.9. The van der Waals surface area contributed by atoms with E-state index in [0.717, 1.165) is 5.56 Å². The molecule has 2 heterocycles. The number of aromatic nitrogens is 2. The summed E-state index contributed by atoms with van der Waals surface area (Å²) in [7, 11) is 0. The van der Waals surface area contributed by atoms with Crippen molar-refractivity contribution >= 4 is 0 Å². The summed E-state index contributed by atoms with van der Waals surface area (Å²) in [5, 5.41) is 4.16. The van der Waals surface area contributed by atoms with Crippen LogP contribution in [0.3, 0.4) is 0 Å². The molecule has 0 N–H and O–H groups in total. The molecule has 1 unspecified atom stereocenters. The van der Waals surface area contributed by atoms with E-state index in [0.29, 0.717) is 19.0 Å². The summed E-state index contributed by atoms with van der Waals surface area (Å²) >= 11 is 0. The molecule has 88 valence electrons. The number of epoxide rings is 1. The number of ether oxygens (including phenoxy) is 1. The maximum absolute atomic E-state index is 11.6. The summed E-state index contributed by atoms with van der Waals surface area (Å²) in [5.41, 5.74) is 0.541. The molecule has 0 bridgehead atoms. The summed E-state index contributed by atoms with van der Waals surface area (Å²) in [5.74, 6) is -0.0968. The number of nitrogens with zero attached hydrogens (tertiary/aromatic N) is 2. The van der Waals surface area contributed by atoms with Crippen LogP contribution in [0.4, 0.5) is 0 Å². The van der Waals surface area contributed by atoms with Crippen molar-refractivity contribution < 1.29 is 9.15 Å². The van der Waals surface area contributed by atoms with E-state index in [1.165, 1.54) is 4.68 Å². The summed E-state index contributed by atoms with van der Waals surface area (Å²) in [4.78, 5) is 11.6. The molecule has 1 saturated heterocycles. The van der Waals surface area contributed by atoms with Crippen molar-refractivity contribution in [3.63, 3.8) is 0 Å². The minimum absolute atomic E-state index is 0.255. The molecule has 1 aliphatic rings. The average Bonchev–Trinajstić information content (AvgIpc) is 2.95. The fraction of sp³-hybridized carbons (Fsp3) is 0.333. The van der Waals surface area contributed by atoms with E-state index in [2.05, 4.69) is 5.10 Å². The third-order valence-corrected chi connectivity index (χ3v) is 2.75. The van der Waals surface area contributed by atoms with E-state index in [4.69, 9.17) is 9.15 Å². The van der Waals surface area contributed by atoms with E-state index in [1.807, 2.05) is 37.3 Å². The molecule has 1 aliphatic heterocycles. The summed E-state index contributed by atoms with van der Waals surface area (Å²) in [6.45, 7) is 3.03. The molecule has 1 fully saturated rings. The van der Waals surface area contributed by atoms with E-state index in [9.17, 15) is 4.79 Å². The molecule has 3 rings (SSSR count). The average molecular weight is 232 g/mol. The van der Waals surface area contributed by atoms with Gasteiger partial charge in [-0.15, -0.1) is 5.10 Å². The van der Waals surface area contributed by atoms with Crippen molar-refractivity contribution in [3.05, 3.63) is 40.9 Å². The third-order valence-electron chi connectivity index (χ3n) is 2.75. The van der Waals surface area contributed by atoms with Crippen molar-refractivity contribution in [2.45, 2.75) is 19.1 Å². The SMILES string of the molecule is CC1(Cn2nc(-c3ccccc3)oc2=O)CO1. The lowest BCUT2D eigenvalue weighted by Crippen LogP contribution is -2.24. The fourth-order valence-corrected chi connectivity index (χ4v) is 1.63. The minimum atomic E-state index is -0.444. The molecule has 5 nitrogen and oxygen atoms in total. The van der Waals surface area contributed by atoms with Gasteiger partial charge in [-0.25, -0.2) is 4.79 Å². The minimum Gasteiger partial charge on any atom is -0.388 e. The van der Waals surface area contributed by atoms with Crippen LogP contribution >= 0.6 is 0 Å². The highest BCUT2D eigenvalue weighted by Crippen LogP contribution is 2.27. The van der Waals surface area contributed by atoms with Crippen LogP contribution in [0.1, 0.15) is 6.92 Å². The summed E-state index contributed by atoms with van der Waals surface area (Å²) in [6, 6.07) is 9.35. The molecule has 0 amide bonds. The molecule has 1 aromatic carbocycles. The second-order valence-corrected chi connectivity index (χ2v) is 4.44. The van der Waals surface area contributed by atoms with Crippen LogP contribution in [0.5, 0.6) is 0 Å². The van der Waals surface area contributed by atoms with Crippen LogP contribution in [-0.4, -0.2) is 22.0 Å². The highest BCUT2D eigenvalue weighted by molar-refractivity contribution is 5.51. The van der Waals surface area contributed by atoms with Gasteiger partial charge >= 0.3 is 5.76 Å². The first kappa shape index (κ1) is 10.3. The van der Waals surface area contributed by atoms with Gasteiger partial charge in [0.2, 0.25) is 5.89 Å². The monoisotopic (exact) mass is 232 g/mol. The molecule has 1 aromatic heterocycles. The lowest BCUT2D eigenvalue weighted by Gasteiger charge is -2.01. The predicted molar refractivity (Wildman–Crippen MR) is 60.6 cm³/mol. The molecule has 17 heavy (non-hydrogen) atoms. The van der Waals surface area contributed by atoms with E-state index in [-0.39, 0.29) is 5.60 Å². The molecule has 0 spiro atoms. The highest BCUT2D eigenvalue weighted by Gasteiger charge is 2.40. The van der Waals surface area contributed by atoms with Gasteiger partial charge in [-0.3, -0.25) is 0 Å². The van der Waals surface area contributed by atoms with Gasteiger partial charge in [0, 0.05) is 5.56 Å². The number of benzene rings is 1. The van der Waals surface area contributed by atoms with E-state index < -0.39 is 5.76 Å². The number of rotatable bonds is 3. The quantitative estimate of drug-likeness (QED) is 0.748. The Labute approximate surface area is 97.6 Å². The van der Waals surface area contributed by atoms with Crippen molar-refractivity contribution in [2.75, 3.05) is 6.61 Å². The Hall–Kier alpha value is -1.88. The van der Waals surface area contributed by atoms with Gasteiger partial charge in [0.25, 0.3) is 0 Å². The van der Waals surface area contributed by atoms with Crippen molar-refractivity contribution in [1.29, 1.82) is 0 Å². The Kier molecular flexibility index (Phi) is 2.16. The van der Waals surface area contributed by atoms with Crippen LogP contribution in [0, 0.1) is 0 Å². The lowest BCUT2D eigenvalue weighted by molar-refractivity contribution is 0.278. The zero-order valence-corrected chi connectivity index (χ0v) is 9.42. The first-order valence-electron chi connectivity index (χ1n) is 5.44. The first-order chi connectivity index (χ1) is 8.16. The van der Waals surface area contributed by atoms with Crippen LogP contribution in [0.15, 0.2) is 39.5 Å². The second kappa shape index (κ2) is 3.56. The maximum Gasteiger partial charge on any atom is 0.437 e. The predicted octanol–water partition coefficient (Wildman–Crippen LogP) is 1.29. The van der Waals surface area contributed by atoms with Gasteiger partial charge in [-0.05, 0) is 19.1 Å². The third kappa shape index (κ3) is 2.01. The Morgan fingerprint density at radius 2 is 2.12 bits per heavy atom. The molecule has 1 atom stereocenters. The van der Waals surface area contributed by atoms with Gasteiger partial charge in [-0.1, -0.05) is 18.2 Å². The number of hydrogen-bond acceptors (Lipinski definition) is 4. The maximum atomic E-state index is 11.6. The van der Waals surface area contributed by atoms with Crippen molar-refractivity contribution in [1.82, 2.24) is 9.78 Å². The molecule has 2 aromatic rings. The normalized spacial score (nSPS) is 22.6. The molecular formula is C12H12N2O3. The number of hydrogen-bond donors (Lipinski definition) is 0. The van der Waals surface area contributed by atoms with Crippen LogP contribution in [-0.2, 0) is 11.3 Å². The molecule has 0 saturated carbocycles. The Balaban J connectivity index is 1.93. The van der Waals surface area contributed by atoms with Crippen LogP contribution in [0.25, 0.3) is 11.5 Å². The Bertz CT molecular complexity index is 581. The largest absolute Gasteiger partial charge is 0.437 e. The van der Waals surface area contributed by atoms with Crippen molar-refractivity contribution in [2.24, 2.45) is 0 Å². The molecular weight excluding hydrogens is 220 g/mol. The van der Waals surface area contributed by atoms with Crippen LogP contribution in [0.2, 0.25) is 0 Å². The standard InChI is InChI=1S/C12H12N2O3/c1-12(8-16-12)7-14-11(15)17-10(13-14)9-5-3-2-4-6-9/h2-6H,7-8H2,1H3. The van der Waals surface area contributed by atoms with Crippen molar-refractivity contribution in [3.8, 4) is 11.5 Å². The van der Waals surface area contributed by atoms with E-state index >= 15 is 0 Å².